The lowest BCUT2D eigenvalue weighted by Crippen LogP contribution is -2.58. The quantitative estimate of drug-likeness (QED) is 0.870. The third-order valence-corrected chi connectivity index (χ3v) is 5.13. The molecule has 2 rings (SSSR count). The van der Waals surface area contributed by atoms with Crippen LogP contribution in [-0.2, 0) is 10.0 Å². The average molecular weight is 279 g/mol. The lowest BCUT2D eigenvalue weighted by atomic mass is 10.2. The molecule has 0 unspecified atom stereocenters. The molecule has 0 atom stereocenters. The number of nitriles is 1. The predicted octanol–water partition coefficient (Wildman–Crippen LogP) is 0.931. The van der Waals surface area contributed by atoms with Gasteiger partial charge in [0.05, 0.1) is 22.6 Å². The molecule has 0 bridgehead atoms. The fourth-order valence-electron chi connectivity index (χ4n) is 2.06. The van der Waals surface area contributed by atoms with Crippen molar-refractivity contribution in [3.63, 3.8) is 0 Å². The zero-order valence-electron chi connectivity index (χ0n) is 10.8. The fraction of sp³-hybridized carbons (Fsp3) is 0.462. The first-order chi connectivity index (χ1) is 9.09. The van der Waals surface area contributed by atoms with Crippen molar-refractivity contribution in [2.24, 2.45) is 0 Å². The van der Waals surface area contributed by atoms with Crippen LogP contribution in [0.2, 0.25) is 0 Å². The zero-order chi connectivity index (χ0) is 13.9. The highest BCUT2D eigenvalue weighted by Crippen LogP contribution is 2.21. The van der Waals surface area contributed by atoms with E-state index in [2.05, 4.69) is 5.32 Å². The highest BCUT2D eigenvalue weighted by Gasteiger charge is 2.34. The van der Waals surface area contributed by atoms with Crippen LogP contribution in [0.15, 0.2) is 29.2 Å². The number of sulfonamides is 1. The molecule has 1 aliphatic rings. The van der Waals surface area contributed by atoms with Gasteiger partial charge in [0.25, 0.3) is 0 Å². The Morgan fingerprint density at radius 1 is 1.47 bits per heavy atom. The molecule has 1 saturated heterocycles. The van der Waals surface area contributed by atoms with Crippen molar-refractivity contribution in [3.05, 3.63) is 29.8 Å². The van der Waals surface area contributed by atoms with Crippen LogP contribution in [0.5, 0.6) is 0 Å². The minimum Gasteiger partial charge on any atom is -0.313 e. The van der Waals surface area contributed by atoms with Crippen LogP contribution in [0.25, 0.3) is 0 Å². The van der Waals surface area contributed by atoms with Gasteiger partial charge in [0, 0.05) is 19.6 Å². The molecule has 102 valence electrons. The number of hydrogen-bond donors (Lipinski definition) is 1. The van der Waals surface area contributed by atoms with Crippen LogP contribution in [0.4, 0.5) is 0 Å². The predicted molar refractivity (Wildman–Crippen MR) is 72.0 cm³/mol. The Morgan fingerprint density at radius 2 is 2.21 bits per heavy atom. The monoisotopic (exact) mass is 279 g/mol. The molecule has 19 heavy (non-hydrogen) atoms. The summed E-state index contributed by atoms with van der Waals surface area (Å²) in [7, 11) is -3.51. The van der Waals surface area contributed by atoms with Crippen LogP contribution >= 0.6 is 0 Å². The van der Waals surface area contributed by atoms with Crippen LogP contribution in [0.3, 0.4) is 0 Å². The summed E-state index contributed by atoms with van der Waals surface area (Å²) >= 11 is 0. The Kier molecular flexibility index (Phi) is 4.20. The summed E-state index contributed by atoms with van der Waals surface area (Å²) in [5, 5.41) is 12.0. The largest absolute Gasteiger partial charge is 0.313 e. The number of benzene rings is 1. The van der Waals surface area contributed by atoms with E-state index in [0.717, 1.165) is 6.42 Å². The summed E-state index contributed by atoms with van der Waals surface area (Å²) in [5.41, 5.74) is 0.365. The Labute approximate surface area is 113 Å². The number of rotatable bonds is 5. The zero-order valence-corrected chi connectivity index (χ0v) is 11.7. The average Bonchev–Trinajstić information content (AvgIpc) is 2.36. The van der Waals surface area contributed by atoms with Crippen molar-refractivity contribution in [1.82, 2.24) is 9.62 Å². The molecule has 0 saturated carbocycles. The molecule has 6 heteroatoms. The lowest BCUT2D eigenvalue weighted by molar-refractivity contribution is 0.242. The van der Waals surface area contributed by atoms with Gasteiger partial charge in [-0.15, -0.1) is 0 Å². The Balaban J connectivity index is 2.35. The summed E-state index contributed by atoms with van der Waals surface area (Å²) in [6.45, 7) is 3.85. The van der Waals surface area contributed by atoms with Crippen molar-refractivity contribution in [2.45, 2.75) is 24.3 Å². The third-order valence-electron chi connectivity index (χ3n) is 3.18. The van der Waals surface area contributed by atoms with E-state index in [0.29, 0.717) is 25.2 Å². The van der Waals surface area contributed by atoms with Gasteiger partial charge in [-0.2, -0.15) is 9.57 Å². The first kappa shape index (κ1) is 14.0. The van der Waals surface area contributed by atoms with E-state index in [9.17, 15) is 8.42 Å². The van der Waals surface area contributed by atoms with Crippen LogP contribution in [0.1, 0.15) is 18.9 Å². The molecule has 0 radical (unpaired) electrons. The molecule has 1 aliphatic heterocycles. The molecule has 0 amide bonds. The smallest absolute Gasteiger partial charge is 0.243 e. The van der Waals surface area contributed by atoms with E-state index in [1.165, 1.54) is 6.07 Å². The third kappa shape index (κ3) is 2.78. The van der Waals surface area contributed by atoms with E-state index in [1.54, 1.807) is 22.5 Å². The normalized spacial score (nSPS) is 16.1. The molecular weight excluding hydrogens is 262 g/mol. The number of nitrogens with one attached hydrogen (secondary N) is 1. The maximum Gasteiger partial charge on any atom is 0.243 e. The van der Waals surface area contributed by atoms with Gasteiger partial charge < -0.3 is 5.32 Å². The standard InChI is InChI=1S/C13H17N3O2S/c1-2-6-16(12-9-15-10-12)19(17,18)13-5-3-4-11(7-13)8-14/h3-5,7,12,15H,2,6,9-10H2,1H3. The summed E-state index contributed by atoms with van der Waals surface area (Å²) < 4.78 is 26.8. The molecule has 1 aromatic carbocycles. The molecular formula is C13H17N3O2S. The molecule has 1 aromatic rings. The highest BCUT2D eigenvalue weighted by atomic mass is 32.2. The van der Waals surface area contributed by atoms with Gasteiger partial charge in [-0.1, -0.05) is 13.0 Å². The van der Waals surface area contributed by atoms with Gasteiger partial charge in [-0.3, -0.25) is 0 Å². The van der Waals surface area contributed by atoms with Gasteiger partial charge in [0.15, 0.2) is 0 Å². The van der Waals surface area contributed by atoms with Gasteiger partial charge in [-0.05, 0) is 24.6 Å². The van der Waals surface area contributed by atoms with Crippen LogP contribution in [-0.4, -0.2) is 38.4 Å². The van der Waals surface area contributed by atoms with Crippen molar-refractivity contribution >= 4 is 10.0 Å². The Morgan fingerprint density at radius 3 is 2.74 bits per heavy atom. The van der Waals surface area contributed by atoms with Crippen LogP contribution < -0.4 is 5.32 Å². The number of hydrogen-bond acceptors (Lipinski definition) is 4. The van der Waals surface area contributed by atoms with E-state index < -0.39 is 10.0 Å². The van der Waals surface area contributed by atoms with E-state index in [1.807, 2.05) is 13.0 Å². The second-order valence-corrected chi connectivity index (χ2v) is 6.46. The van der Waals surface area contributed by atoms with Gasteiger partial charge in [0.2, 0.25) is 10.0 Å². The second-order valence-electron chi connectivity index (χ2n) is 4.57. The molecule has 0 aliphatic carbocycles. The number of nitrogens with zero attached hydrogens (tertiary/aromatic N) is 2. The summed E-state index contributed by atoms with van der Waals surface area (Å²) in [6, 6.07) is 8.19. The minimum absolute atomic E-state index is 0.0238. The van der Waals surface area contributed by atoms with E-state index in [4.69, 9.17) is 5.26 Å². The highest BCUT2D eigenvalue weighted by molar-refractivity contribution is 7.89. The Bertz CT molecular complexity index is 588. The fourth-order valence-corrected chi connectivity index (χ4v) is 3.82. The van der Waals surface area contributed by atoms with Crippen molar-refractivity contribution in [1.29, 1.82) is 5.26 Å². The van der Waals surface area contributed by atoms with E-state index in [-0.39, 0.29) is 10.9 Å². The molecule has 1 N–H and O–H groups in total. The molecule has 0 spiro atoms. The topological polar surface area (TPSA) is 73.2 Å². The maximum absolute atomic E-state index is 12.6. The first-order valence-electron chi connectivity index (χ1n) is 6.32. The molecule has 5 nitrogen and oxygen atoms in total. The van der Waals surface area contributed by atoms with Crippen molar-refractivity contribution in [2.75, 3.05) is 19.6 Å². The Hall–Kier alpha value is -1.42. The van der Waals surface area contributed by atoms with Crippen LogP contribution in [0, 0.1) is 11.3 Å². The first-order valence-corrected chi connectivity index (χ1v) is 7.76. The summed E-state index contributed by atoms with van der Waals surface area (Å²) in [6.07, 6.45) is 0.771. The molecule has 1 fully saturated rings. The van der Waals surface area contributed by atoms with Crippen molar-refractivity contribution < 1.29 is 8.42 Å². The van der Waals surface area contributed by atoms with Gasteiger partial charge in [-0.25, -0.2) is 8.42 Å². The van der Waals surface area contributed by atoms with E-state index >= 15 is 0 Å². The second kappa shape index (κ2) is 5.70. The molecule has 1 heterocycles. The molecule has 0 aromatic heterocycles. The SMILES string of the molecule is CCCN(C1CNC1)S(=O)(=O)c1cccc(C#N)c1. The summed E-state index contributed by atoms with van der Waals surface area (Å²) in [5.74, 6) is 0. The van der Waals surface area contributed by atoms with Gasteiger partial charge in [0.1, 0.15) is 0 Å². The van der Waals surface area contributed by atoms with Crippen molar-refractivity contribution in [3.8, 4) is 6.07 Å². The minimum atomic E-state index is -3.51. The summed E-state index contributed by atoms with van der Waals surface area (Å²) in [4.78, 5) is 0.201. The van der Waals surface area contributed by atoms with Gasteiger partial charge >= 0.3 is 0 Å². The maximum atomic E-state index is 12.6. The lowest BCUT2D eigenvalue weighted by Gasteiger charge is -2.37.